The largest absolute Gasteiger partial charge is 0.494 e. The summed E-state index contributed by atoms with van der Waals surface area (Å²) in [4.78, 5) is 29.5. The van der Waals surface area contributed by atoms with Gasteiger partial charge in [-0.25, -0.2) is 0 Å². The van der Waals surface area contributed by atoms with E-state index in [1.165, 1.54) is 12.8 Å². The highest BCUT2D eigenvalue weighted by Gasteiger charge is 2.48. The Morgan fingerprint density at radius 2 is 1.94 bits per heavy atom. The number of fused-ring (bicyclic) bond motifs is 3. The lowest BCUT2D eigenvalue weighted by molar-refractivity contribution is -0.134. The van der Waals surface area contributed by atoms with E-state index in [4.69, 9.17) is 9.15 Å². The summed E-state index contributed by atoms with van der Waals surface area (Å²) >= 11 is 0. The van der Waals surface area contributed by atoms with Crippen LogP contribution in [0.2, 0.25) is 0 Å². The Morgan fingerprint density at radius 3 is 2.71 bits per heavy atom. The lowest BCUT2D eigenvalue weighted by Crippen LogP contribution is -2.64. The minimum absolute atomic E-state index is 0.0994. The van der Waals surface area contributed by atoms with Crippen LogP contribution in [0.1, 0.15) is 68.4 Å². The molecule has 0 bridgehead atoms. The standard InChI is InChI=1S/C27H33N3O4/c1-3-33-23-13-9-8-10-19(23)17-30-25(31)22-16-24-21(14-15-34-24)29(22)18-27(30,2)26(32)28-20-11-6-4-5-7-12-20/h8-10,13-16,20H,3-7,11-12,17-18H2,1-2H3,(H,28,32). The maximum absolute atomic E-state index is 13.9. The topological polar surface area (TPSA) is 76.7 Å². The molecule has 1 aliphatic carbocycles. The van der Waals surface area contributed by atoms with Crippen LogP contribution in [0.5, 0.6) is 5.75 Å². The fourth-order valence-electron chi connectivity index (χ4n) is 5.39. The van der Waals surface area contributed by atoms with Crippen LogP contribution in [-0.4, -0.2) is 39.5 Å². The molecule has 2 aromatic heterocycles. The van der Waals surface area contributed by atoms with Gasteiger partial charge in [0, 0.05) is 23.7 Å². The van der Waals surface area contributed by atoms with Crippen LogP contribution in [0.3, 0.4) is 0 Å². The van der Waals surface area contributed by atoms with Crippen molar-refractivity contribution in [3.63, 3.8) is 0 Å². The minimum Gasteiger partial charge on any atom is -0.494 e. The number of para-hydroxylation sites is 1. The molecule has 1 N–H and O–H groups in total. The van der Waals surface area contributed by atoms with Gasteiger partial charge in [-0.05, 0) is 32.8 Å². The van der Waals surface area contributed by atoms with Crippen LogP contribution in [0.25, 0.3) is 11.1 Å². The number of ether oxygens (including phenoxy) is 1. The van der Waals surface area contributed by atoms with Crippen molar-refractivity contribution in [1.82, 2.24) is 14.8 Å². The molecule has 3 aromatic rings. The Labute approximate surface area is 200 Å². The summed E-state index contributed by atoms with van der Waals surface area (Å²) in [5.41, 5.74) is 1.87. The first-order valence-electron chi connectivity index (χ1n) is 12.4. The highest BCUT2D eigenvalue weighted by Crippen LogP contribution is 2.35. The van der Waals surface area contributed by atoms with E-state index in [2.05, 4.69) is 5.32 Å². The molecular weight excluding hydrogens is 430 g/mol. The van der Waals surface area contributed by atoms with Crippen molar-refractivity contribution in [2.75, 3.05) is 6.61 Å². The number of hydrogen-bond donors (Lipinski definition) is 1. The maximum atomic E-state index is 13.9. The average Bonchev–Trinajstić information content (AvgIpc) is 3.32. The summed E-state index contributed by atoms with van der Waals surface area (Å²) in [7, 11) is 0. The van der Waals surface area contributed by atoms with E-state index in [0.29, 0.717) is 24.4 Å². The molecule has 1 aliphatic heterocycles. The van der Waals surface area contributed by atoms with Gasteiger partial charge in [-0.15, -0.1) is 0 Å². The van der Waals surface area contributed by atoms with Gasteiger partial charge in [-0.2, -0.15) is 0 Å². The number of aromatic nitrogens is 1. The fourth-order valence-corrected chi connectivity index (χ4v) is 5.39. The zero-order valence-electron chi connectivity index (χ0n) is 20.0. The fraction of sp³-hybridized carbons (Fsp3) is 0.481. The summed E-state index contributed by atoms with van der Waals surface area (Å²) < 4.78 is 13.3. The Balaban J connectivity index is 1.52. The smallest absolute Gasteiger partial charge is 0.271 e. The second kappa shape index (κ2) is 9.20. The first kappa shape index (κ1) is 22.6. The lowest BCUT2D eigenvalue weighted by Gasteiger charge is -2.44. The van der Waals surface area contributed by atoms with E-state index in [1.54, 1.807) is 17.2 Å². The van der Waals surface area contributed by atoms with E-state index >= 15 is 0 Å². The molecule has 2 amide bonds. The summed E-state index contributed by atoms with van der Waals surface area (Å²) in [6, 6.07) is 11.5. The van der Waals surface area contributed by atoms with Crippen LogP contribution < -0.4 is 10.1 Å². The van der Waals surface area contributed by atoms with Gasteiger partial charge < -0.3 is 23.9 Å². The molecule has 7 nitrogen and oxygen atoms in total. The molecule has 34 heavy (non-hydrogen) atoms. The molecule has 1 fully saturated rings. The van der Waals surface area contributed by atoms with Crippen LogP contribution in [0.15, 0.2) is 47.1 Å². The van der Waals surface area contributed by atoms with Gasteiger partial charge in [0.1, 0.15) is 17.0 Å². The van der Waals surface area contributed by atoms with Gasteiger partial charge in [0.05, 0.1) is 31.5 Å². The Kier molecular flexibility index (Phi) is 6.11. The summed E-state index contributed by atoms with van der Waals surface area (Å²) in [5, 5.41) is 3.31. The number of nitrogens with zero attached hydrogens (tertiary/aromatic N) is 2. The van der Waals surface area contributed by atoms with E-state index in [1.807, 2.05) is 48.7 Å². The SMILES string of the molecule is CCOc1ccccc1CN1C(=O)c2cc3occc3n2CC1(C)C(=O)NC1CCCCCC1. The number of benzene rings is 1. The predicted octanol–water partition coefficient (Wildman–Crippen LogP) is 4.89. The van der Waals surface area contributed by atoms with Crippen molar-refractivity contribution in [1.29, 1.82) is 0 Å². The number of carbonyl (C=O) groups excluding carboxylic acids is 2. The first-order chi connectivity index (χ1) is 16.5. The highest BCUT2D eigenvalue weighted by atomic mass is 16.5. The van der Waals surface area contributed by atoms with Crippen molar-refractivity contribution in [3.05, 3.63) is 53.9 Å². The van der Waals surface area contributed by atoms with E-state index in [9.17, 15) is 9.59 Å². The van der Waals surface area contributed by atoms with Gasteiger partial charge in [-0.3, -0.25) is 9.59 Å². The molecule has 5 rings (SSSR count). The van der Waals surface area contributed by atoms with E-state index in [-0.39, 0.29) is 24.4 Å². The Morgan fingerprint density at radius 1 is 1.18 bits per heavy atom. The van der Waals surface area contributed by atoms with Crippen molar-refractivity contribution < 1.29 is 18.7 Å². The molecule has 1 atom stereocenters. The quantitative estimate of drug-likeness (QED) is 0.528. The molecule has 3 heterocycles. The summed E-state index contributed by atoms with van der Waals surface area (Å²) in [6.45, 7) is 5.01. The van der Waals surface area contributed by atoms with Gasteiger partial charge in [-0.1, -0.05) is 43.9 Å². The number of rotatable bonds is 6. The van der Waals surface area contributed by atoms with Crippen LogP contribution in [0, 0.1) is 0 Å². The van der Waals surface area contributed by atoms with Gasteiger partial charge in [0.15, 0.2) is 5.58 Å². The Bertz CT molecular complexity index is 1190. The number of amides is 2. The maximum Gasteiger partial charge on any atom is 0.271 e. The van der Waals surface area contributed by atoms with Crippen LogP contribution >= 0.6 is 0 Å². The molecular formula is C27H33N3O4. The second-order valence-electron chi connectivity index (χ2n) is 9.65. The van der Waals surface area contributed by atoms with Gasteiger partial charge >= 0.3 is 0 Å². The van der Waals surface area contributed by atoms with E-state index in [0.717, 1.165) is 42.5 Å². The third-order valence-electron chi connectivity index (χ3n) is 7.33. The average molecular weight is 464 g/mol. The molecule has 1 aromatic carbocycles. The zero-order valence-corrected chi connectivity index (χ0v) is 20.0. The summed E-state index contributed by atoms with van der Waals surface area (Å²) in [6.07, 6.45) is 8.29. The molecule has 180 valence electrons. The molecule has 7 heteroatoms. The molecule has 0 saturated heterocycles. The molecule has 1 unspecified atom stereocenters. The minimum atomic E-state index is -1.06. The van der Waals surface area contributed by atoms with Gasteiger partial charge in [0.2, 0.25) is 5.91 Å². The third kappa shape index (κ3) is 3.97. The predicted molar refractivity (Wildman–Crippen MR) is 130 cm³/mol. The molecule has 0 spiro atoms. The normalized spacial score (nSPS) is 21.4. The monoisotopic (exact) mass is 463 g/mol. The number of furan rings is 1. The van der Waals surface area contributed by atoms with Crippen molar-refractivity contribution in [2.45, 2.75) is 77.0 Å². The van der Waals surface area contributed by atoms with Crippen molar-refractivity contribution >= 4 is 22.9 Å². The Hall–Kier alpha value is -3.22. The summed E-state index contributed by atoms with van der Waals surface area (Å²) in [5.74, 6) is 0.458. The third-order valence-corrected chi connectivity index (χ3v) is 7.33. The van der Waals surface area contributed by atoms with Crippen LogP contribution in [0.4, 0.5) is 0 Å². The molecule has 0 radical (unpaired) electrons. The number of nitrogens with one attached hydrogen (secondary N) is 1. The lowest BCUT2D eigenvalue weighted by atomic mass is 9.92. The molecule has 2 aliphatic rings. The van der Waals surface area contributed by atoms with Crippen LogP contribution in [-0.2, 0) is 17.9 Å². The van der Waals surface area contributed by atoms with E-state index < -0.39 is 5.54 Å². The first-order valence-corrected chi connectivity index (χ1v) is 12.4. The van der Waals surface area contributed by atoms with Gasteiger partial charge in [0.25, 0.3) is 5.91 Å². The van der Waals surface area contributed by atoms with Crippen molar-refractivity contribution in [3.8, 4) is 5.75 Å². The number of hydrogen-bond acceptors (Lipinski definition) is 4. The zero-order chi connectivity index (χ0) is 23.7. The van der Waals surface area contributed by atoms with Crippen molar-refractivity contribution in [2.24, 2.45) is 0 Å². The molecule has 1 saturated carbocycles. The highest BCUT2D eigenvalue weighted by molar-refractivity contribution is 6.02. The number of carbonyl (C=O) groups is 2. The second-order valence-corrected chi connectivity index (χ2v) is 9.65.